The Morgan fingerprint density at radius 3 is 2.87 bits per heavy atom. The van der Waals surface area contributed by atoms with Gasteiger partial charge >= 0.3 is 0 Å². The molecule has 0 saturated heterocycles. The Labute approximate surface area is 86.7 Å². The van der Waals surface area contributed by atoms with Gasteiger partial charge in [-0.05, 0) is 19.1 Å². The van der Waals surface area contributed by atoms with Crippen molar-refractivity contribution in [2.75, 3.05) is 0 Å². The number of carbonyl (C=O) groups is 2. The van der Waals surface area contributed by atoms with Gasteiger partial charge in [-0.15, -0.1) is 0 Å². The highest BCUT2D eigenvalue weighted by molar-refractivity contribution is 6.02. The number of nitrogens with one attached hydrogen (secondary N) is 1. The number of ketones is 1. The number of carbonyl (C=O) groups excluding carboxylic acids is 2. The highest BCUT2D eigenvalue weighted by Crippen LogP contribution is 2.01. The molecule has 1 rings (SSSR count). The van der Waals surface area contributed by atoms with Crippen LogP contribution in [0.3, 0.4) is 0 Å². The molecule has 0 aromatic carbocycles. The second-order valence-corrected chi connectivity index (χ2v) is 2.97. The summed E-state index contributed by atoms with van der Waals surface area (Å²) in [6.07, 6.45) is 1.48. The molecular weight excluding hydrogens is 196 g/mol. The number of nitriles is 1. The molecule has 0 fully saturated rings. The van der Waals surface area contributed by atoms with Gasteiger partial charge < -0.3 is 9.73 Å². The summed E-state index contributed by atoms with van der Waals surface area (Å²) < 4.78 is 4.98. The molecule has 15 heavy (non-hydrogen) atoms. The molecule has 0 saturated carbocycles. The van der Waals surface area contributed by atoms with Gasteiger partial charge in [-0.3, -0.25) is 9.59 Å². The monoisotopic (exact) mass is 206 g/mol. The molecule has 5 nitrogen and oxygen atoms in total. The normalized spacial score (nSPS) is 11.5. The molecule has 0 bridgehead atoms. The molecule has 1 aromatic rings. The van der Waals surface area contributed by atoms with Crippen molar-refractivity contribution in [1.82, 2.24) is 5.32 Å². The molecule has 1 atom stereocenters. The molecule has 1 heterocycles. The molecule has 1 amide bonds. The molecule has 0 spiro atoms. The Kier molecular flexibility index (Phi) is 3.63. The van der Waals surface area contributed by atoms with Crippen LogP contribution in [0.4, 0.5) is 0 Å². The molecule has 1 unspecified atom stereocenters. The minimum atomic E-state index is -1.24. The molecular formula is C10H10N2O3. The third kappa shape index (κ3) is 2.95. The largest absolute Gasteiger partial charge is 0.467 e. The summed E-state index contributed by atoms with van der Waals surface area (Å²) in [6, 6.07) is 5.02. The standard InChI is InChI=1S/C10H10N2O3/c1-7(13)9(5-11)10(14)12-6-8-3-2-4-15-8/h2-4,9H,6H2,1H3,(H,12,14). The van der Waals surface area contributed by atoms with Crippen LogP contribution in [-0.2, 0) is 16.1 Å². The average Bonchev–Trinajstić information content (AvgIpc) is 2.67. The highest BCUT2D eigenvalue weighted by Gasteiger charge is 2.22. The van der Waals surface area contributed by atoms with E-state index >= 15 is 0 Å². The highest BCUT2D eigenvalue weighted by atomic mass is 16.3. The van der Waals surface area contributed by atoms with Crippen LogP contribution in [-0.4, -0.2) is 11.7 Å². The lowest BCUT2D eigenvalue weighted by atomic mass is 10.1. The van der Waals surface area contributed by atoms with Crippen molar-refractivity contribution in [2.45, 2.75) is 13.5 Å². The number of furan rings is 1. The Hall–Kier alpha value is -2.09. The Bertz CT molecular complexity index is 389. The summed E-state index contributed by atoms with van der Waals surface area (Å²) in [6.45, 7) is 1.39. The lowest BCUT2D eigenvalue weighted by molar-refractivity contribution is -0.130. The van der Waals surface area contributed by atoms with Crippen molar-refractivity contribution in [2.24, 2.45) is 5.92 Å². The molecule has 78 valence electrons. The molecule has 1 aromatic heterocycles. The van der Waals surface area contributed by atoms with Crippen LogP contribution < -0.4 is 5.32 Å². The zero-order chi connectivity index (χ0) is 11.3. The summed E-state index contributed by atoms with van der Waals surface area (Å²) >= 11 is 0. The molecule has 1 N–H and O–H groups in total. The van der Waals surface area contributed by atoms with Gasteiger partial charge in [-0.25, -0.2) is 0 Å². The zero-order valence-electron chi connectivity index (χ0n) is 8.19. The van der Waals surface area contributed by atoms with E-state index in [4.69, 9.17) is 9.68 Å². The quantitative estimate of drug-likeness (QED) is 0.732. The van der Waals surface area contributed by atoms with Crippen LogP contribution in [0.5, 0.6) is 0 Å². The summed E-state index contributed by atoms with van der Waals surface area (Å²) in [4.78, 5) is 22.2. The molecule has 5 heteroatoms. The minimum absolute atomic E-state index is 0.178. The summed E-state index contributed by atoms with van der Waals surface area (Å²) in [7, 11) is 0. The number of amides is 1. The minimum Gasteiger partial charge on any atom is -0.467 e. The van der Waals surface area contributed by atoms with E-state index in [9.17, 15) is 9.59 Å². The van der Waals surface area contributed by atoms with Crippen LogP contribution in [0, 0.1) is 17.2 Å². The third-order valence-electron chi connectivity index (χ3n) is 1.81. The first-order valence-corrected chi connectivity index (χ1v) is 4.35. The van der Waals surface area contributed by atoms with Gasteiger partial charge in [0.15, 0.2) is 11.7 Å². The zero-order valence-corrected chi connectivity index (χ0v) is 8.19. The van der Waals surface area contributed by atoms with Crippen LogP contribution in [0.25, 0.3) is 0 Å². The second-order valence-electron chi connectivity index (χ2n) is 2.97. The maximum absolute atomic E-state index is 11.3. The Morgan fingerprint density at radius 1 is 1.67 bits per heavy atom. The lowest BCUT2D eigenvalue weighted by Crippen LogP contribution is -2.33. The van der Waals surface area contributed by atoms with Gasteiger partial charge in [0, 0.05) is 0 Å². The van der Waals surface area contributed by atoms with E-state index in [1.165, 1.54) is 13.2 Å². The van der Waals surface area contributed by atoms with E-state index in [1.807, 2.05) is 0 Å². The number of hydrogen-bond donors (Lipinski definition) is 1. The topological polar surface area (TPSA) is 83.1 Å². The fourth-order valence-electron chi connectivity index (χ4n) is 1.02. The Morgan fingerprint density at radius 2 is 2.40 bits per heavy atom. The Balaban J connectivity index is 2.49. The fraction of sp³-hybridized carbons (Fsp3) is 0.300. The maximum Gasteiger partial charge on any atom is 0.245 e. The molecule has 0 aliphatic heterocycles. The number of hydrogen-bond acceptors (Lipinski definition) is 4. The second kappa shape index (κ2) is 4.96. The fourth-order valence-corrected chi connectivity index (χ4v) is 1.02. The molecule has 0 radical (unpaired) electrons. The van der Waals surface area contributed by atoms with Crippen molar-refractivity contribution in [3.8, 4) is 6.07 Å². The molecule has 0 aliphatic rings. The molecule has 0 aliphatic carbocycles. The summed E-state index contributed by atoms with van der Waals surface area (Å²) in [5.74, 6) is -1.72. The van der Waals surface area contributed by atoms with Crippen molar-refractivity contribution in [1.29, 1.82) is 5.26 Å². The van der Waals surface area contributed by atoms with Gasteiger partial charge in [0.05, 0.1) is 18.9 Å². The van der Waals surface area contributed by atoms with E-state index in [0.29, 0.717) is 5.76 Å². The first-order chi connectivity index (χ1) is 7.15. The van der Waals surface area contributed by atoms with E-state index < -0.39 is 17.6 Å². The first-order valence-electron chi connectivity index (χ1n) is 4.35. The van der Waals surface area contributed by atoms with E-state index in [2.05, 4.69) is 5.32 Å². The summed E-state index contributed by atoms with van der Waals surface area (Å²) in [5, 5.41) is 11.0. The number of nitrogens with zero attached hydrogens (tertiary/aromatic N) is 1. The van der Waals surface area contributed by atoms with Crippen LogP contribution in [0.15, 0.2) is 22.8 Å². The van der Waals surface area contributed by atoms with E-state index in [1.54, 1.807) is 18.2 Å². The van der Waals surface area contributed by atoms with Gasteiger partial charge in [-0.1, -0.05) is 0 Å². The van der Waals surface area contributed by atoms with Gasteiger partial charge in [0.1, 0.15) is 5.76 Å². The maximum atomic E-state index is 11.3. The van der Waals surface area contributed by atoms with Crippen LogP contribution >= 0.6 is 0 Å². The average molecular weight is 206 g/mol. The predicted octanol–water partition coefficient (Wildman–Crippen LogP) is 0.625. The van der Waals surface area contributed by atoms with E-state index in [-0.39, 0.29) is 6.54 Å². The van der Waals surface area contributed by atoms with Crippen LogP contribution in [0.2, 0.25) is 0 Å². The van der Waals surface area contributed by atoms with Crippen molar-refractivity contribution < 1.29 is 14.0 Å². The van der Waals surface area contributed by atoms with E-state index in [0.717, 1.165) is 0 Å². The lowest BCUT2D eigenvalue weighted by Gasteiger charge is -2.05. The number of Topliss-reactive ketones (excluding diaryl/α,β-unsaturated/α-hetero) is 1. The van der Waals surface area contributed by atoms with Gasteiger partial charge in [-0.2, -0.15) is 5.26 Å². The first kappa shape index (κ1) is 11.0. The van der Waals surface area contributed by atoms with Crippen molar-refractivity contribution in [3.05, 3.63) is 24.2 Å². The predicted molar refractivity (Wildman–Crippen MR) is 50.3 cm³/mol. The smallest absolute Gasteiger partial charge is 0.245 e. The van der Waals surface area contributed by atoms with Gasteiger partial charge in [0.2, 0.25) is 5.91 Å². The van der Waals surface area contributed by atoms with Crippen LogP contribution in [0.1, 0.15) is 12.7 Å². The SMILES string of the molecule is CC(=O)C(C#N)C(=O)NCc1ccco1. The third-order valence-corrected chi connectivity index (χ3v) is 1.81. The van der Waals surface area contributed by atoms with Gasteiger partial charge in [0.25, 0.3) is 0 Å². The number of rotatable bonds is 4. The summed E-state index contributed by atoms with van der Waals surface area (Å²) in [5.41, 5.74) is 0. The van der Waals surface area contributed by atoms with Crippen molar-refractivity contribution >= 4 is 11.7 Å². The van der Waals surface area contributed by atoms with Crippen molar-refractivity contribution in [3.63, 3.8) is 0 Å².